The van der Waals surface area contributed by atoms with Crippen LogP contribution in [0.5, 0.6) is 5.75 Å². The first-order valence-electron chi connectivity index (χ1n) is 14.7. The summed E-state index contributed by atoms with van der Waals surface area (Å²) in [7, 11) is 3.34. The van der Waals surface area contributed by atoms with Gasteiger partial charge >= 0.3 is 0 Å². The summed E-state index contributed by atoms with van der Waals surface area (Å²) in [5, 5.41) is 0.468. The minimum Gasteiger partial charge on any atom is -0.496 e. The second-order valence-electron chi connectivity index (χ2n) is 10.9. The standard InChI is InChI=1S/C33H35N5O6S/c1-21-9-14-37-15-12-34-30(37)28(21)36(3)32(40)27-22(2)29(31-35-13-18-43-31)45-33(27)38(20-39)19-26(44-23-10-16-42-17-11-23)24-7-5-6-8-25(24)41-4/h5-9,12-15,18,20,23,26H,10-11,16-17,19H2,1-4H3. The first kappa shape index (κ1) is 30.5. The number of imidazole rings is 1. The number of fused-ring (bicyclic) bond motifs is 1. The molecule has 0 bridgehead atoms. The lowest BCUT2D eigenvalue weighted by Crippen LogP contribution is -2.34. The van der Waals surface area contributed by atoms with Gasteiger partial charge in [0.1, 0.15) is 23.1 Å². The highest BCUT2D eigenvalue weighted by Gasteiger charge is 2.33. The fourth-order valence-corrected chi connectivity index (χ4v) is 7.00. The molecule has 234 valence electrons. The van der Waals surface area contributed by atoms with E-state index in [9.17, 15) is 9.59 Å². The summed E-state index contributed by atoms with van der Waals surface area (Å²) >= 11 is 1.28. The predicted molar refractivity (Wildman–Crippen MR) is 171 cm³/mol. The zero-order chi connectivity index (χ0) is 31.5. The van der Waals surface area contributed by atoms with E-state index >= 15 is 0 Å². The number of para-hydroxylation sites is 1. The van der Waals surface area contributed by atoms with Gasteiger partial charge in [0.25, 0.3) is 5.91 Å². The van der Waals surface area contributed by atoms with Gasteiger partial charge in [-0.15, -0.1) is 11.3 Å². The van der Waals surface area contributed by atoms with Crippen molar-refractivity contribution in [2.45, 2.75) is 38.9 Å². The molecule has 11 nitrogen and oxygen atoms in total. The number of aryl methyl sites for hydroxylation is 1. The summed E-state index contributed by atoms with van der Waals surface area (Å²) in [4.78, 5) is 40.2. The molecular formula is C33H35N5O6S. The third kappa shape index (κ3) is 5.96. The summed E-state index contributed by atoms with van der Waals surface area (Å²) in [5.41, 5.74) is 4.07. The fraction of sp³-hybridized carbons (Fsp3) is 0.333. The van der Waals surface area contributed by atoms with E-state index in [2.05, 4.69) is 9.97 Å². The number of carbonyl (C=O) groups excluding carboxylic acids is 2. The number of aromatic nitrogens is 3. The maximum absolute atomic E-state index is 14.5. The predicted octanol–water partition coefficient (Wildman–Crippen LogP) is 5.85. The first-order valence-corrected chi connectivity index (χ1v) is 15.5. The number of pyridine rings is 1. The Morgan fingerprint density at radius 2 is 1.96 bits per heavy atom. The second-order valence-corrected chi connectivity index (χ2v) is 11.9. The van der Waals surface area contributed by atoms with E-state index in [1.807, 2.05) is 61.0 Å². The van der Waals surface area contributed by atoms with Crippen LogP contribution in [0.4, 0.5) is 10.7 Å². The van der Waals surface area contributed by atoms with Gasteiger partial charge < -0.3 is 32.8 Å². The molecule has 5 aromatic rings. The van der Waals surface area contributed by atoms with Crippen molar-refractivity contribution in [1.29, 1.82) is 0 Å². The number of nitrogens with zero attached hydrogens (tertiary/aromatic N) is 5. The molecule has 0 saturated carbocycles. The Bertz CT molecular complexity index is 1790. The highest BCUT2D eigenvalue weighted by Crippen LogP contribution is 2.43. The molecule has 1 unspecified atom stereocenters. The van der Waals surface area contributed by atoms with Crippen molar-refractivity contribution in [2.24, 2.45) is 0 Å². The number of oxazole rings is 1. The Hall–Kier alpha value is -4.52. The molecule has 0 N–H and O–H groups in total. The smallest absolute Gasteiger partial charge is 0.261 e. The van der Waals surface area contributed by atoms with Crippen LogP contribution < -0.4 is 14.5 Å². The molecule has 45 heavy (non-hydrogen) atoms. The molecule has 2 amide bonds. The first-order chi connectivity index (χ1) is 21.9. The molecular weight excluding hydrogens is 594 g/mol. The number of hydrogen-bond acceptors (Lipinski definition) is 9. The van der Waals surface area contributed by atoms with E-state index in [4.69, 9.17) is 18.6 Å². The molecule has 1 atom stereocenters. The number of rotatable bonds is 11. The van der Waals surface area contributed by atoms with Crippen molar-refractivity contribution in [3.63, 3.8) is 0 Å². The van der Waals surface area contributed by atoms with Crippen molar-refractivity contribution in [3.8, 4) is 16.5 Å². The fourth-order valence-electron chi connectivity index (χ4n) is 5.78. The van der Waals surface area contributed by atoms with Gasteiger partial charge in [0.15, 0.2) is 5.65 Å². The van der Waals surface area contributed by atoms with Gasteiger partial charge in [0.05, 0.1) is 42.1 Å². The van der Waals surface area contributed by atoms with Crippen molar-refractivity contribution in [3.05, 3.63) is 83.6 Å². The molecule has 6 rings (SSSR count). The zero-order valence-electron chi connectivity index (χ0n) is 25.6. The maximum atomic E-state index is 14.5. The number of hydrogen-bond donors (Lipinski definition) is 0. The van der Waals surface area contributed by atoms with Gasteiger partial charge in [-0.2, -0.15) is 0 Å². The molecule has 1 aliphatic rings. The normalized spacial score (nSPS) is 14.4. The molecule has 0 spiro atoms. The van der Waals surface area contributed by atoms with Crippen molar-refractivity contribution < 1.29 is 28.2 Å². The number of amides is 2. The number of ether oxygens (including phenoxy) is 3. The third-order valence-corrected chi connectivity index (χ3v) is 9.43. The summed E-state index contributed by atoms with van der Waals surface area (Å²) in [5.74, 6) is 0.738. The van der Waals surface area contributed by atoms with Crippen LogP contribution in [0, 0.1) is 13.8 Å². The topological polar surface area (TPSA) is 112 Å². The summed E-state index contributed by atoms with van der Waals surface area (Å²) < 4.78 is 25.4. The Labute approximate surface area is 265 Å². The molecule has 5 heterocycles. The van der Waals surface area contributed by atoms with E-state index in [1.54, 1.807) is 36.4 Å². The SMILES string of the molecule is COc1ccccc1C(CN(C=O)c1sc(-c2ncco2)c(C)c1C(=O)N(C)c1c(C)ccn2ccnc12)OC1CCOCC1. The van der Waals surface area contributed by atoms with Gasteiger partial charge in [0, 0.05) is 44.4 Å². The number of methoxy groups -OCH3 is 1. The largest absolute Gasteiger partial charge is 0.496 e. The molecule has 4 aromatic heterocycles. The summed E-state index contributed by atoms with van der Waals surface area (Å²) in [6, 6.07) is 9.57. The monoisotopic (exact) mass is 629 g/mol. The van der Waals surface area contributed by atoms with Gasteiger partial charge in [-0.1, -0.05) is 18.2 Å². The van der Waals surface area contributed by atoms with E-state index < -0.39 is 6.10 Å². The minimum absolute atomic E-state index is 0.0552. The average Bonchev–Trinajstić information content (AvgIpc) is 3.83. The molecule has 1 saturated heterocycles. The van der Waals surface area contributed by atoms with Crippen LogP contribution in [-0.2, 0) is 14.3 Å². The molecule has 12 heteroatoms. The van der Waals surface area contributed by atoms with E-state index in [-0.39, 0.29) is 18.6 Å². The average molecular weight is 630 g/mol. The van der Waals surface area contributed by atoms with Crippen molar-refractivity contribution >= 4 is 40.0 Å². The van der Waals surface area contributed by atoms with Crippen LogP contribution in [0.3, 0.4) is 0 Å². The lowest BCUT2D eigenvalue weighted by atomic mass is 10.1. The van der Waals surface area contributed by atoms with Crippen LogP contribution in [-0.4, -0.2) is 66.7 Å². The number of anilines is 2. The summed E-state index contributed by atoms with van der Waals surface area (Å²) in [6.07, 6.45) is 10.1. The Balaban J connectivity index is 1.43. The molecule has 1 fully saturated rings. The number of carbonyl (C=O) groups is 2. The van der Waals surface area contributed by atoms with Crippen molar-refractivity contribution in [2.75, 3.05) is 43.7 Å². The molecule has 1 aliphatic heterocycles. The summed E-state index contributed by atoms with van der Waals surface area (Å²) in [6.45, 7) is 5.15. The molecule has 0 aliphatic carbocycles. The highest BCUT2D eigenvalue weighted by molar-refractivity contribution is 7.20. The van der Waals surface area contributed by atoms with E-state index in [1.165, 1.54) is 17.6 Å². The number of thiophene rings is 1. The van der Waals surface area contributed by atoms with Crippen LogP contribution in [0.25, 0.3) is 16.4 Å². The van der Waals surface area contributed by atoms with Crippen LogP contribution in [0.1, 0.15) is 46.0 Å². The Kier molecular flexibility index (Phi) is 8.97. The minimum atomic E-state index is -0.538. The second kappa shape index (κ2) is 13.2. The molecule has 0 radical (unpaired) electrons. The van der Waals surface area contributed by atoms with Gasteiger partial charge in [-0.25, -0.2) is 9.97 Å². The maximum Gasteiger partial charge on any atom is 0.261 e. The van der Waals surface area contributed by atoms with Gasteiger partial charge in [-0.3, -0.25) is 9.59 Å². The van der Waals surface area contributed by atoms with Crippen molar-refractivity contribution in [1.82, 2.24) is 14.4 Å². The Morgan fingerprint density at radius 3 is 2.69 bits per heavy atom. The third-order valence-electron chi connectivity index (χ3n) is 8.11. The zero-order valence-corrected chi connectivity index (χ0v) is 26.5. The number of benzene rings is 1. The quantitative estimate of drug-likeness (QED) is 0.167. The lowest BCUT2D eigenvalue weighted by molar-refractivity contribution is -0.108. The van der Waals surface area contributed by atoms with E-state index in [0.717, 1.165) is 30.4 Å². The van der Waals surface area contributed by atoms with Crippen LogP contribution >= 0.6 is 11.3 Å². The van der Waals surface area contributed by atoms with E-state index in [0.29, 0.717) is 57.2 Å². The van der Waals surface area contributed by atoms with Crippen LogP contribution in [0.15, 0.2) is 65.8 Å². The Morgan fingerprint density at radius 1 is 1.16 bits per heavy atom. The van der Waals surface area contributed by atoms with Crippen LogP contribution in [0.2, 0.25) is 0 Å². The van der Waals surface area contributed by atoms with Gasteiger partial charge in [-0.05, 0) is 49.9 Å². The highest BCUT2D eigenvalue weighted by atomic mass is 32.1. The lowest BCUT2D eigenvalue weighted by Gasteiger charge is -2.31. The molecule has 1 aromatic carbocycles. The van der Waals surface area contributed by atoms with Gasteiger partial charge in [0.2, 0.25) is 12.3 Å².